The van der Waals surface area contributed by atoms with Crippen molar-refractivity contribution >= 4 is 5.97 Å². The molecule has 1 heterocycles. The minimum atomic E-state index is -0.340. The van der Waals surface area contributed by atoms with E-state index in [4.69, 9.17) is 4.74 Å². The Bertz CT molecular complexity index is 489. The quantitative estimate of drug-likeness (QED) is 0.799. The van der Waals surface area contributed by atoms with Gasteiger partial charge in [-0.15, -0.1) is 0 Å². The Hall–Kier alpha value is -1.39. The summed E-state index contributed by atoms with van der Waals surface area (Å²) in [5, 5.41) is 0. The van der Waals surface area contributed by atoms with Crippen molar-refractivity contribution in [3.05, 3.63) is 35.9 Å². The lowest BCUT2D eigenvalue weighted by molar-refractivity contribution is -0.156. The first-order valence-electron chi connectivity index (χ1n) is 8.34. The van der Waals surface area contributed by atoms with Crippen molar-refractivity contribution < 1.29 is 9.53 Å². The maximum Gasteiger partial charge on any atom is 0.326 e. The van der Waals surface area contributed by atoms with Crippen LogP contribution in [-0.2, 0) is 16.1 Å². The van der Waals surface area contributed by atoms with Crippen molar-refractivity contribution in [3.63, 3.8) is 0 Å². The Morgan fingerprint density at radius 2 is 1.73 bits per heavy atom. The van der Waals surface area contributed by atoms with Gasteiger partial charge >= 0.3 is 5.97 Å². The zero-order valence-corrected chi connectivity index (χ0v) is 13.5. The highest BCUT2D eigenvalue weighted by molar-refractivity contribution is 5.81. The lowest BCUT2D eigenvalue weighted by Crippen LogP contribution is -2.59. The van der Waals surface area contributed by atoms with Crippen LogP contribution in [0.1, 0.15) is 31.2 Å². The number of esters is 1. The molecule has 4 heteroatoms. The van der Waals surface area contributed by atoms with Crippen LogP contribution in [0.25, 0.3) is 0 Å². The van der Waals surface area contributed by atoms with Crippen LogP contribution in [0.5, 0.6) is 0 Å². The summed E-state index contributed by atoms with van der Waals surface area (Å²) in [6.07, 6.45) is 4.19. The van der Waals surface area contributed by atoms with Gasteiger partial charge in [-0.25, -0.2) is 0 Å². The number of rotatable bonds is 4. The molecule has 0 amide bonds. The highest BCUT2D eigenvalue weighted by Gasteiger charge is 2.47. The maximum absolute atomic E-state index is 12.3. The van der Waals surface area contributed by atoms with E-state index >= 15 is 0 Å². The van der Waals surface area contributed by atoms with E-state index in [1.54, 1.807) is 0 Å². The summed E-state index contributed by atoms with van der Waals surface area (Å²) in [5.74, 6) is -0.0264. The molecular formula is C18H26N2O2. The summed E-state index contributed by atoms with van der Waals surface area (Å²) in [6.45, 7) is 4.96. The van der Waals surface area contributed by atoms with Gasteiger partial charge < -0.3 is 4.74 Å². The third-order valence-corrected chi connectivity index (χ3v) is 5.22. The van der Waals surface area contributed by atoms with Crippen molar-refractivity contribution in [2.45, 2.75) is 37.8 Å². The molecule has 1 aliphatic heterocycles. The molecule has 0 unspecified atom stereocenters. The standard InChI is InChI=1S/C18H26N2O2/c1-22-17(21)18(9-5-6-10-18)20-13-11-19(12-14-20)15-16-7-3-2-4-8-16/h2-4,7-8H,5-6,9-15H2,1H3. The molecule has 1 aromatic carbocycles. The molecule has 0 N–H and O–H groups in total. The number of hydrogen-bond acceptors (Lipinski definition) is 4. The summed E-state index contributed by atoms with van der Waals surface area (Å²) >= 11 is 0. The van der Waals surface area contributed by atoms with Crippen LogP contribution in [0.15, 0.2) is 30.3 Å². The normalized spacial score (nSPS) is 22.6. The van der Waals surface area contributed by atoms with Crippen LogP contribution < -0.4 is 0 Å². The van der Waals surface area contributed by atoms with Crippen molar-refractivity contribution in [2.24, 2.45) is 0 Å². The van der Waals surface area contributed by atoms with Gasteiger partial charge in [-0.3, -0.25) is 14.6 Å². The lowest BCUT2D eigenvalue weighted by Gasteiger charge is -2.44. The van der Waals surface area contributed by atoms with Crippen LogP contribution in [0.3, 0.4) is 0 Å². The average molecular weight is 302 g/mol. The molecule has 0 radical (unpaired) electrons. The molecule has 1 saturated carbocycles. The highest BCUT2D eigenvalue weighted by Crippen LogP contribution is 2.37. The van der Waals surface area contributed by atoms with Gasteiger partial charge in [0.05, 0.1) is 7.11 Å². The van der Waals surface area contributed by atoms with Gasteiger partial charge in [0.15, 0.2) is 0 Å². The number of carbonyl (C=O) groups excluding carboxylic acids is 1. The van der Waals surface area contributed by atoms with E-state index in [1.165, 1.54) is 12.7 Å². The number of hydrogen-bond donors (Lipinski definition) is 0. The molecule has 1 aliphatic carbocycles. The largest absolute Gasteiger partial charge is 0.468 e. The Labute approximate surface area is 133 Å². The van der Waals surface area contributed by atoms with Gasteiger partial charge in [-0.2, -0.15) is 0 Å². The Morgan fingerprint density at radius 3 is 2.32 bits per heavy atom. The predicted molar refractivity (Wildman–Crippen MR) is 86.5 cm³/mol. The van der Waals surface area contributed by atoms with Crippen molar-refractivity contribution in [1.29, 1.82) is 0 Å². The Kier molecular flexibility index (Phi) is 4.79. The number of piperazine rings is 1. The zero-order chi connectivity index (χ0) is 15.4. The molecule has 4 nitrogen and oxygen atoms in total. The van der Waals surface area contributed by atoms with E-state index in [2.05, 4.69) is 40.1 Å². The van der Waals surface area contributed by atoms with E-state index in [0.717, 1.165) is 58.4 Å². The van der Waals surface area contributed by atoms with Gasteiger partial charge in [-0.1, -0.05) is 43.2 Å². The van der Waals surface area contributed by atoms with Gasteiger partial charge in [0.1, 0.15) is 5.54 Å². The number of benzene rings is 1. The van der Waals surface area contributed by atoms with Crippen LogP contribution >= 0.6 is 0 Å². The Morgan fingerprint density at radius 1 is 1.09 bits per heavy atom. The molecular weight excluding hydrogens is 276 g/mol. The van der Waals surface area contributed by atoms with Crippen LogP contribution in [0, 0.1) is 0 Å². The van der Waals surface area contributed by atoms with E-state index in [-0.39, 0.29) is 11.5 Å². The first-order valence-corrected chi connectivity index (χ1v) is 8.34. The summed E-state index contributed by atoms with van der Waals surface area (Å²) < 4.78 is 5.12. The summed E-state index contributed by atoms with van der Waals surface area (Å²) in [5.41, 5.74) is 1.02. The first-order chi connectivity index (χ1) is 10.7. The molecule has 22 heavy (non-hydrogen) atoms. The highest BCUT2D eigenvalue weighted by atomic mass is 16.5. The first kappa shape index (κ1) is 15.5. The molecule has 0 bridgehead atoms. The van der Waals surface area contributed by atoms with E-state index in [9.17, 15) is 4.79 Å². The fraction of sp³-hybridized carbons (Fsp3) is 0.611. The van der Waals surface area contributed by atoms with Crippen LogP contribution in [0.2, 0.25) is 0 Å². The molecule has 2 aliphatic rings. The molecule has 0 aromatic heterocycles. The molecule has 1 aromatic rings. The maximum atomic E-state index is 12.3. The molecule has 2 fully saturated rings. The second kappa shape index (κ2) is 6.80. The topological polar surface area (TPSA) is 32.8 Å². The third kappa shape index (κ3) is 3.03. The minimum Gasteiger partial charge on any atom is -0.468 e. The van der Waals surface area contributed by atoms with E-state index in [0.29, 0.717) is 0 Å². The van der Waals surface area contributed by atoms with Crippen molar-refractivity contribution in [3.8, 4) is 0 Å². The smallest absolute Gasteiger partial charge is 0.326 e. The summed E-state index contributed by atoms with van der Waals surface area (Å²) in [6, 6.07) is 10.6. The fourth-order valence-electron chi connectivity index (χ4n) is 3.97. The average Bonchev–Trinajstić information content (AvgIpc) is 3.07. The molecule has 0 atom stereocenters. The van der Waals surface area contributed by atoms with E-state index < -0.39 is 0 Å². The van der Waals surface area contributed by atoms with Gasteiger partial charge in [-0.05, 0) is 18.4 Å². The van der Waals surface area contributed by atoms with Gasteiger partial charge in [0.2, 0.25) is 0 Å². The molecule has 1 saturated heterocycles. The Balaban J connectivity index is 1.60. The van der Waals surface area contributed by atoms with Crippen LogP contribution in [-0.4, -0.2) is 54.6 Å². The molecule has 120 valence electrons. The second-order valence-electron chi connectivity index (χ2n) is 6.48. The minimum absolute atomic E-state index is 0.0264. The van der Waals surface area contributed by atoms with Crippen molar-refractivity contribution in [1.82, 2.24) is 9.80 Å². The summed E-state index contributed by atoms with van der Waals surface area (Å²) in [7, 11) is 1.52. The predicted octanol–water partition coefficient (Wildman–Crippen LogP) is 2.29. The van der Waals surface area contributed by atoms with Gasteiger partial charge in [0.25, 0.3) is 0 Å². The number of nitrogens with zero attached hydrogens (tertiary/aromatic N) is 2. The molecule has 0 spiro atoms. The summed E-state index contributed by atoms with van der Waals surface area (Å²) in [4.78, 5) is 17.2. The lowest BCUT2D eigenvalue weighted by atomic mass is 9.94. The number of ether oxygens (including phenoxy) is 1. The van der Waals surface area contributed by atoms with E-state index in [1.807, 2.05) is 0 Å². The monoisotopic (exact) mass is 302 g/mol. The number of carbonyl (C=O) groups is 1. The van der Waals surface area contributed by atoms with Crippen molar-refractivity contribution in [2.75, 3.05) is 33.3 Å². The van der Waals surface area contributed by atoms with Crippen LogP contribution in [0.4, 0.5) is 0 Å². The van der Waals surface area contributed by atoms with Gasteiger partial charge in [0, 0.05) is 32.7 Å². The molecule has 3 rings (SSSR count). The second-order valence-corrected chi connectivity index (χ2v) is 6.48. The zero-order valence-electron chi connectivity index (χ0n) is 13.5. The third-order valence-electron chi connectivity index (χ3n) is 5.22. The number of methoxy groups -OCH3 is 1. The fourth-order valence-corrected chi connectivity index (χ4v) is 3.97. The SMILES string of the molecule is COC(=O)C1(N2CCN(Cc3ccccc3)CC2)CCCC1.